The van der Waals surface area contributed by atoms with Crippen LogP contribution in [0.1, 0.15) is 56.0 Å². The number of anilines is 2. The molecule has 0 radical (unpaired) electrons. The van der Waals surface area contributed by atoms with E-state index in [1.807, 2.05) is 11.9 Å². The van der Waals surface area contributed by atoms with Gasteiger partial charge in [0.15, 0.2) is 5.69 Å². The number of hydrogen-bond acceptors (Lipinski definition) is 7. The molecule has 0 spiro atoms. The molecule has 9 nitrogen and oxygen atoms in total. The van der Waals surface area contributed by atoms with Crippen LogP contribution < -0.4 is 4.90 Å². The van der Waals surface area contributed by atoms with Crippen LogP contribution in [0.15, 0.2) is 22.7 Å². The number of rotatable bonds is 8. The van der Waals surface area contributed by atoms with Crippen LogP contribution in [0.5, 0.6) is 0 Å². The average molecular weight is 479 g/mol. The van der Waals surface area contributed by atoms with Gasteiger partial charge in [0.25, 0.3) is 11.8 Å². The first-order valence-electron chi connectivity index (χ1n) is 12.5. The number of carboxylic acids is 1. The summed E-state index contributed by atoms with van der Waals surface area (Å²) in [7, 11) is 1.95. The van der Waals surface area contributed by atoms with E-state index < -0.39 is 5.97 Å². The van der Waals surface area contributed by atoms with Crippen molar-refractivity contribution in [2.45, 2.75) is 66.0 Å². The number of aromatic nitrogens is 4. The van der Waals surface area contributed by atoms with E-state index in [0.29, 0.717) is 18.4 Å². The van der Waals surface area contributed by atoms with Crippen molar-refractivity contribution in [3.8, 4) is 11.6 Å². The molecule has 35 heavy (non-hydrogen) atoms. The highest BCUT2D eigenvalue weighted by Crippen LogP contribution is 2.40. The van der Waals surface area contributed by atoms with E-state index in [1.165, 1.54) is 22.4 Å². The van der Waals surface area contributed by atoms with Gasteiger partial charge in [-0.15, -0.1) is 0 Å². The van der Waals surface area contributed by atoms with Crippen molar-refractivity contribution >= 4 is 17.6 Å². The maximum absolute atomic E-state index is 10.8. The van der Waals surface area contributed by atoms with Gasteiger partial charge in [-0.05, 0) is 67.4 Å². The Morgan fingerprint density at radius 3 is 2.89 bits per heavy atom. The Hall–Kier alpha value is -3.20. The minimum Gasteiger partial charge on any atom is -0.481 e. The molecule has 2 aliphatic rings. The van der Waals surface area contributed by atoms with Crippen molar-refractivity contribution < 1.29 is 14.4 Å². The van der Waals surface area contributed by atoms with Gasteiger partial charge in [-0.2, -0.15) is 10.1 Å². The zero-order valence-corrected chi connectivity index (χ0v) is 21.0. The number of aryl methyl sites for hydroxylation is 1. The van der Waals surface area contributed by atoms with Crippen LogP contribution in [-0.2, 0) is 37.1 Å². The number of carbonyl (C=O) groups is 1. The molecule has 0 unspecified atom stereocenters. The molecule has 3 aromatic rings. The molecule has 186 valence electrons. The van der Waals surface area contributed by atoms with Crippen molar-refractivity contribution in [1.82, 2.24) is 24.8 Å². The van der Waals surface area contributed by atoms with E-state index in [4.69, 9.17) is 19.7 Å². The SMILES string of the molecule is CCn1nc(-c2nc(N3CCc4cc(CN(C)CCC(=O)O)ccc43)no2)c2c1CC(C)(C)CC2. The monoisotopic (exact) mass is 478 g/mol. The highest BCUT2D eigenvalue weighted by atomic mass is 16.5. The smallest absolute Gasteiger partial charge is 0.304 e. The summed E-state index contributed by atoms with van der Waals surface area (Å²) in [5, 5.41) is 18.1. The van der Waals surface area contributed by atoms with E-state index in [2.05, 4.69) is 53.7 Å². The highest BCUT2D eigenvalue weighted by Gasteiger charge is 2.33. The van der Waals surface area contributed by atoms with Crippen molar-refractivity contribution in [2.24, 2.45) is 5.41 Å². The summed E-state index contributed by atoms with van der Waals surface area (Å²) in [5.74, 6) is 0.293. The summed E-state index contributed by atoms with van der Waals surface area (Å²) in [6, 6.07) is 6.40. The zero-order chi connectivity index (χ0) is 24.7. The summed E-state index contributed by atoms with van der Waals surface area (Å²) in [6.07, 6.45) is 4.16. The summed E-state index contributed by atoms with van der Waals surface area (Å²) in [4.78, 5) is 19.7. The van der Waals surface area contributed by atoms with Gasteiger partial charge in [0.2, 0.25) is 0 Å². The molecule has 1 aliphatic carbocycles. The second-order valence-corrected chi connectivity index (χ2v) is 10.6. The van der Waals surface area contributed by atoms with Crippen molar-refractivity contribution in [3.05, 3.63) is 40.6 Å². The third-order valence-corrected chi connectivity index (χ3v) is 7.22. The standard InChI is InChI=1S/C26H34N6O3/c1-5-32-21-15-26(2,3)11-8-19(21)23(28-32)24-27-25(29-35-24)31-13-9-18-14-17(6-7-20(18)31)16-30(4)12-10-22(33)34/h6-7,14H,5,8-13,15-16H2,1-4H3,(H,33,34). The molecular weight excluding hydrogens is 444 g/mol. The predicted molar refractivity (Wildman–Crippen MR) is 133 cm³/mol. The van der Waals surface area contributed by atoms with Crippen LogP contribution in [0.2, 0.25) is 0 Å². The molecule has 2 aromatic heterocycles. The lowest BCUT2D eigenvalue weighted by atomic mass is 9.76. The van der Waals surface area contributed by atoms with E-state index in [0.717, 1.165) is 56.7 Å². The molecule has 0 bridgehead atoms. The fraction of sp³-hybridized carbons (Fsp3) is 0.538. The second-order valence-electron chi connectivity index (χ2n) is 10.6. The van der Waals surface area contributed by atoms with Crippen LogP contribution >= 0.6 is 0 Å². The third kappa shape index (κ3) is 4.69. The van der Waals surface area contributed by atoms with Crippen LogP contribution in [0.25, 0.3) is 11.6 Å². The molecule has 3 heterocycles. The van der Waals surface area contributed by atoms with Crippen LogP contribution in [0.3, 0.4) is 0 Å². The predicted octanol–water partition coefficient (Wildman–Crippen LogP) is 4.07. The normalized spacial score (nSPS) is 16.5. The minimum absolute atomic E-state index is 0.146. The lowest BCUT2D eigenvalue weighted by Gasteiger charge is -2.30. The maximum atomic E-state index is 10.8. The minimum atomic E-state index is -0.772. The van der Waals surface area contributed by atoms with E-state index in [1.54, 1.807) is 0 Å². The summed E-state index contributed by atoms with van der Waals surface area (Å²) < 4.78 is 7.84. The maximum Gasteiger partial charge on any atom is 0.304 e. The Balaban J connectivity index is 1.35. The molecule has 0 saturated heterocycles. The molecule has 1 N–H and O–H groups in total. The Kier molecular flexibility index (Phi) is 6.13. The Bertz CT molecular complexity index is 1240. The largest absolute Gasteiger partial charge is 0.481 e. The van der Waals surface area contributed by atoms with Crippen molar-refractivity contribution in [2.75, 3.05) is 25.0 Å². The molecule has 1 aliphatic heterocycles. The second kappa shape index (κ2) is 9.11. The number of aliphatic carboxylic acids is 1. The number of nitrogens with zero attached hydrogens (tertiary/aromatic N) is 6. The van der Waals surface area contributed by atoms with Gasteiger partial charge in [-0.25, -0.2) is 0 Å². The van der Waals surface area contributed by atoms with Gasteiger partial charge in [-0.1, -0.05) is 26.0 Å². The fourth-order valence-corrected chi connectivity index (χ4v) is 5.29. The fourth-order valence-electron chi connectivity index (χ4n) is 5.29. The van der Waals surface area contributed by atoms with Gasteiger partial charge in [0, 0.05) is 43.1 Å². The zero-order valence-electron chi connectivity index (χ0n) is 21.0. The van der Waals surface area contributed by atoms with Gasteiger partial charge in [-0.3, -0.25) is 9.48 Å². The van der Waals surface area contributed by atoms with Gasteiger partial charge >= 0.3 is 5.97 Å². The number of fused-ring (bicyclic) bond motifs is 2. The average Bonchev–Trinajstić information content (AvgIpc) is 3.53. The quantitative estimate of drug-likeness (QED) is 0.517. The van der Waals surface area contributed by atoms with E-state index >= 15 is 0 Å². The Morgan fingerprint density at radius 2 is 2.11 bits per heavy atom. The summed E-state index contributed by atoms with van der Waals surface area (Å²) in [6.45, 7) is 9.62. The van der Waals surface area contributed by atoms with Crippen LogP contribution in [-0.4, -0.2) is 56.0 Å². The van der Waals surface area contributed by atoms with E-state index in [9.17, 15) is 4.79 Å². The van der Waals surface area contributed by atoms with E-state index in [-0.39, 0.29) is 11.8 Å². The number of carboxylic acid groups (broad SMARTS) is 1. The molecule has 0 amide bonds. The van der Waals surface area contributed by atoms with Gasteiger partial charge in [0.05, 0.1) is 6.42 Å². The number of hydrogen-bond donors (Lipinski definition) is 1. The Morgan fingerprint density at radius 1 is 1.29 bits per heavy atom. The van der Waals surface area contributed by atoms with Crippen molar-refractivity contribution in [1.29, 1.82) is 0 Å². The first kappa shape index (κ1) is 23.5. The summed E-state index contributed by atoms with van der Waals surface area (Å²) in [5.41, 5.74) is 7.17. The first-order valence-corrected chi connectivity index (χ1v) is 12.5. The summed E-state index contributed by atoms with van der Waals surface area (Å²) >= 11 is 0. The van der Waals surface area contributed by atoms with Gasteiger partial charge in [0.1, 0.15) is 0 Å². The molecular formula is C26H34N6O3. The van der Waals surface area contributed by atoms with Gasteiger partial charge < -0.3 is 19.4 Å². The van der Waals surface area contributed by atoms with Crippen LogP contribution in [0.4, 0.5) is 11.6 Å². The first-order chi connectivity index (χ1) is 16.7. The molecule has 5 rings (SSSR count). The lowest BCUT2D eigenvalue weighted by Crippen LogP contribution is -2.24. The lowest BCUT2D eigenvalue weighted by molar-refractivity contribution is -0.137. The van der Waals surface area contributed by atoms with Crippen LogP contribution in [0, 0.1) is 5.41 Å². The molecule has 0 fully saturated rings. The third-order valence-electron chi connectivity index (χ3n) is 7.22. The molecule has 9 heteroatoms. The highest BCUT2D eigenvalue weighted by molar-refractivity contribution is 5.68. The number of benzene rings is 1. The van der Waals surface area contributed by atoms with Crippen molar-refractivity contribution in [3.63, 3.8) is 0 Å². The molecule has 1 aromatic carbocycles. The molecule has 0 saturated carbocycles. The molecule has 0 atom stereocenters. The topological polar surface area (TPSA) is 101 Å². The Labute approximate surface area is 205 Å².